The van der Waals surface area contributed by atoms with E-state index in [1.54, 1.807) is 0 Å². The van der Waals surface area contributed by atoms with Gasteiger partial charge in [0.25, 0.3) is 0 Å². The maximum atomic E-state index is 12.0. The normalized spacial score (nSPS) is 35.5. The molecule has 0 radical (unpaired) electrons. The van der Waals surface area contributed by atoms with E-state index in [9.17, 15) is 4.79 Å². The first-order valence-corrected chi connectivity index (χ1v) is 5.13. The molecule has 2 fully saturated rings. The van der Waals surface area contributed by atoms with Gasteiger partial charge in [-0.25, -0.2) is 0 Å². The molecule has 1 aliphatic carbocycles. The highest BCUT2D eigenvalue weighted by Crippen LogP contribution is 2.31. The Morgan fingerprint density at radius 3 is 2.62 bits per heavy atom. The maximum Gasteiger partial charge on any atom is 0.158 e. The number of hydrogen-bond acceptors (Lipinski definition) is 3. The molecule has 1 heterocycles. The van der Waals surface area contributed by atoms with Crippen molar-refractivity contribution in [3.63, 3.8) is 0 Å². The zero-order valence-electron chi connectivity index (χ0n) is 7.92. The zero-order valence-corrected chi connectivity index (χ0v) is 7.92. The first-order chi connectivity index (χ1) is 6.22. The maximum absolute atomic E-state index is 12.0. The second-order valence-corrected chi connectivity index (χ2v) is 4.30. The third-order valence-corrected chi connectivity index (χ3v) is 3.27. The minimum Gasteiger partial charge on any atom is -0.379 e. The highest BCUT2D eigenvalue weighted by Gasteiger charge is 2.42. The predicted molar refractivity (Wildman–Crippen MR) is 49.3 cm³/mol. The first-order valence-electron chi connectivity index (χ1n) is 5.13. The molecule has 1 aliphatic heterocycles. The summed E-state index contributed by atoms with van der Waals surface area (Å²) < 4.78 is 5.19. The third-order valence-electron chi connectivity index (χ3n) is 3.27. The SMILES string of the molecule is NC1(C(=O)C2CCCC2)CCOC1. The average molecular weight is 183 g/mol. The Kier molecular flexibility index (Phi) is 2.39. The Morgan fingerprint density at radius 1 is 1.38 bits per heavy atom. The molecule has 1 saturated carbocycles. The second kappa shape index (κ2) is 3.39. The van der Waals surface area contributed by atoms with Gasteiger partial charge >= 0.3 is 0 Å². The van der Waals surface area contributed by atoms with E-state index in [1.165, 1.54) is 12.8 Å². The summed E-state index contributed by atoms with van der Waals surface area (Å²) in [4.78, 5) is 12.0. The molecular formula is C10H17NO2. The van der Waals surface area contributed by atoms with Crippen LogP contribution in [0, 0.1) is 5.92 Å². The van der Waals surface area contributed by atoms with Crippen LogP contribution in [0.5, 0.6) is 0 Å². The Bertz CT molecular complexity index is 203. The Morgan fingerprint density at radius 2 is 2.08 bits per heavy atom. The lowest BCUT2D eigenvalue weighted by atomic mass is 9.85. The van der Waals surface area contributed by atoms with Gasteiger partial charge < -0.3 is 10.5 Å². The van der Waals surface area contributed by atoms with E-state index in [-0.39, 0.29) is 11.7 Å². The van der Waals surface area contributed by atoms with Crippen LogP contribution in [0.1, 0.15) is 32.1 Å². The highest BCUT2D eigenvalue weighted by molar-refractivity contribution is 5.90. The number of ketones is 1. The van der Waals surface area contributed by atoms with Gasteiger partial charge in [-0.2, -0.15) is 0 Å². The van der Waals surface area contributed by atoms with E-state index in [4.69, 9.17) is 10.5 Å². The number of ether oxygens (including phenoxy) is 1. The van der Waals surface area contributed by atoms with Crippen LogP contribution in [-0.2, 0) is 9.53 Å². The summed E-state index contributed by atoms with van der Waals surface area (Å²) in [6.07, 6.45) is 5.17. The van der Waals surface area contributed by atoms with Crippen molar-refractivity contribution in [2.45, 2.75) is 37.6 Å². The Balaban J connectivity index is 2.02. The van der Waals surface area contributed by atoms with Crippen LogP contribution in [0.15, 0.2) is 0 Å². The average Bonchev–Trinajstić information content (AvgIpc) is 2.73. The van der Waals surface area contributed by atoms with Crippen LogP contribution < -0.4 is 5.73 Å². The number of nitrogens with two attached hydrogens (primary N) is 1. The molecule has 0 aromatic heterocycles. The summed E-state index contributed by atoms with van der Waals surface area (Å²) in [5, 5.41) is 0. The van der Waals surface area contributed by atoms with E-state index >= 15 is 0 Å². The lowest BCUT2D eigenvalue weighted by Gasteiger charge is -2.23. The van der Waals surface area contributed by atoms with Crippen LogP contribution in [0.3, 0.4) is 0 Å². The fourth-order valence-electron chi connectivity index (χ4n) is 2.37. The van der Waals surface area contributed by atoms with Gasteiger partial charge in [-0.1, -0.05) is 12.8 Å². The predicted octanol–water partition coefficient (Wildman–Crippen LogP) is 0.863. The number of carbonyl (C=O) groups excluding carboxylic acids is 1. The molecule has 1 unspecified atom stereocenters. The fraction of sp³-hybridized carbons (Fsp3) is 0.900. The lowest BCUT2D eigenvalue weighted by Crippen LogP contribution is -2.51. The van der Waals surface area contributed by atoms with Crippen LogP contribution in [0.25, 0.3) is 0 Å². The van der Waals surface area contributed by atoms with E-state index in [2.05, 4.69) is 0 Å². The van der Waals surface area contributed by atoms with Crippen LogP contribution >= 0.6 is 0 Å². The Hall–Kier alpha value is -0.410. The van der Waals surface area contributed by atoms with E-state index in [0.29, 0.717) is 19.6 Å². The van der Waals surface area contributed by atoms with Crippen molar-refractivity contribution in [3.8, 4) is 0 Å². The minimum atomic E-state index is -0.644. The molecule has 13 heavy (non-hydrogen) atoms. The summed E-state index contributed by atoms with van der Waals surface area (Å²) in [6.45, 7) is 1.08. The van der Waals surface area contributed by atoms with Crippen molar-refractivity contribution < 1.29 is 9.53 Å². The first kappa shape index (κ1) is 9.16. The lowest BCUT2D eigenvalue weighted by molar-refractivity contribution is -0.128. The van der Waals surface area contributed by atoms with Gasteiger partial charge in [0.2, 0.25) is 0 Å². The van der Waals surface area contributed by atoms with Gasteiger partial charge in [-0.05, 0) is 19.3 Å². The zero-order chi connectivity index (χ0) is 9.31. The van der Waals surface area contributed by atoms with Crippen molar-refractivity contribution in [2.75, 3.05) is 13.2 Å². The molecule has 0 aromatic carbocycles. The molecule has 1 saturated heterocycles. The van der Waals surface area contributed by atoms with Crippen LogP contribution in [-0.4, -0.2) is 24.5 Å². The van der Waals surface area contributed by atoms with Crippen molar-refractivity contribution in [1.82, 2.24) is 0 Å². The minimum absolute atomic E-state index is 0.228. The van der Waals surface area contributed by atoms with E-state index in [1.807, 2.05) is 0 Å². The summed E-state index contributed by atoms with van der Waals surface area (Å²) >= 11 is 0. The molecule has 3 heteroatoms. The van der Waals surface area contributed by atoms with Gasteiger partial charge in [0, 0.05) is 12.5 Å². The molecule has 2 rings (SSSR count). The van der Waals surface area contributed by atoms with Crippen molar-refractivity contribution in [2.24, 2.45) is 11.7 Å². The number of carbonyl (C=O) groups is 1. The standard InChI is InChI=1S/C10H17NO2/c11-10(5-6-13-7-10)9(12)8-3-1-2-4-8/h8H,1-7,11H2. The molecular weight excluding hydrogens is 166 g/mol. The van der Waals surface area contributed by atoms with Crippen molar-refractivity contribution in [3.05, 3.63) is 0 Å². The molecule has 1 atom stereocenters. The summed E-state index contributed by atoms with van der Waals surface area (Å²) in [7, 11) is 0. The molecule has 0 amide bonds. The highest BCUT2D eigenvalue weighted by atomic mass is 16.5. The number of Topliss-reactive ketones (excluding diaryl/α,β-unsaturated/α-hetero) is 1. The van der Waals surface area contributed by atoms with Gasteiger partial charge in [0.05, 0.1) is 6.61 Å². The van der Waals surface area contributed by atoms with Crippen LogP contribution in [0.2, 0.25) is 0 Å². The van der Waals surface area contributed by atoms with Crippen molar-refractivity contribution in [1.29, 1.82) is 0 Å². The molecule has 74 valence electrons. The van der Waals surface area contributed by atoms with E-state index in [0.717, 1.165) is 12.8 Å². The summed E-state index contributed by atoms with van der Waals surface area (Å²) in [6, 6.07) is 0. The van der Waals surface area contributed by atoms with Gasteiger partial charge in [-0.3, -0.25) is 4.79 Å². The smallest absolute Gasteiger partial charge is 0.158 e. The molecule has 3 nitrogen and oxygen atoms in total. The van der Waals surface area contributed by atoms with Crippen LogP contribution in [0.4, 0.5) is 0 Å². The fourth-order valence-corrected chi connectivity index (χ4v) is 2.37. The van der Waals surface area contributed by atoms with Crippen molar-refractivity contribution >= 4 is 5.78 Å². The second-order valence-electron chi connectivity index (χ2n) is 4.30. The van der Waals surface area contributed by atoms with Gasteiger partial charge in [-0.15, -0.1) is 0 Å². The molecule has 0 spiro atoms. The summed E-state index contributed by atoms with van der Waals surface area (Å²) in [5.74, 6) is 0.481. The summed E-state index contributed by atoms with van der Waals surface area (Å²) in [5.41, 5.74) is 5.36. The van der Waals surface area contributed by atoms with Gasteiger partial charge in [0.15, 0.2) is 5.78 Å². The number of rotatable bonds is 2. The molecule has 2 aliphatic rings. The quantitative estimate of drug-likeness (QED) is 0.691. The molecule has 0 aromatic rings. The monoisotopic (exact) mass is 183 g/mol. The molecule has 2 N–H and O–H groups in total. The Labute approximate surface area is 78.6 Å². The topological polar surface area (TPSA) is 52.3 Å². The third kappa shape index (κ3) is 1.63. The largest absolute Gasteiger partial charge is 0.379 e. The number of hydrogen-bond donors (Lipinski definition) is 1. The molecule has 0 bridgehead atoms. The van der Waals surface area contributed by atoms with Gasteiger partial charge in [0.1, 0.15) is 5.54 Å². The van der Waals surface area contributed by atoms with E-state index < -0.39 is 5.54 Å².